The highest BCUT2D eigenvalue weighted by atomic mass is 35.5. The summed E-state index contributed by atoms with van der Waals surface area (Å²) in [4.78, 5) is 8.23. The molecule has 0 aliphatic carbocycles. The van der Waals surface area contributed by atoms with Gasteiger partial charge >= 0.3 is 0 Å². The van der Waals surface area contributed by atoms with E-state index in [9.17, 15) is 0 Å². The molecule has 6 nitrogen and oxygen atoms in total. The van der Waals surface area contributed by atoms with Crippen LogP contribution in [0.2, 0.25) is 5.15 Å². The monoisotopic (exact) mass is 268 g/mol. The molecule has 2 aromatic heterocycles. The van der Waals surface area contributed by atoms with E-state index in [-0.39, 0.29) is 11.8 Å². The molecule has 2 heterocycles. The van der Waals surface area contributed by atoms with Crippen LogP contribution in [0.25, 0.3) is 0 Å². The Morgan fingerprint density at radius 1 is 1.50 bits per heavy atom. The number of nitrogens with zero attached hydrogens (tertiary/aromatic N) is 2. The topological polar surface area (TPSA) is 86.2 Å². The molecule has 0 aromatic carbocycles. The number of hydrogen-bond donors (Lipinski definition) is 2. The molecule has 7 heteroatoms. The second-order valence-corrected chi connectivity index (χ2v) is 3.92. The SMILES string of the molecule is COCc1nc(Cl)c(N)c(NCc2ccco2)n1. The quantitative estimate of drug-likeness (QED) is 0.807. The van der Waals surface area contributed by atoms with Gasteiger partial charge in [0.1, 0.15) is 18.1 Å². The average Bonchev–Trinajstić information content (AvgIpc) is 2.85. The van der Waals surface area contributed by atoms with Gasteiger partial charge in [0.2, 0.25) is 0 Å². The van der Waals surface area contributed by atoms with Crippen LogP contribution in [0.3, 0.4) is 0 Å². The molecule has 0 amide bonds. The van der Waals surface area contributed by atoms with Crippen LogP contribution in [0, 0.1) is 0 Å². The molecular weight excluding hydrogens is 256 g/mol. The van der Waals surface area contributed by atoms with E-state index in [1.54, 1.807) is 13.4 Å². The summed E-state index contributed by atoms with van der Waals surface area (Å²) in [5.41, 5.74) is 6.10. The first-order chi connectivity index (χ1) is 8.70. The number of nitrogen functional groups attached to an aromatic ring is 1. The highest BCUT2D eigenvalue weighted by Gasteiger charge is 2.10. The van der Waals surface area contributed by atoms with Crippen molar-refractivity contribution in [2.24, 2.45) is 0 Å². The number of anilines is 2. The van der Waals surface area contributed by atoms with Crippen LogP contribution in [0.1, 0.15) is 11.6 Å². The average molecular weight is 269 g/mol. The number of aromatic nitrogens is 2. The van der Waals surface area contributed by atoms with Crippen LogP contribution in [0.4, 0.5) is 11.5 Å². The lowest BCUT2D eigenvalue weighted by Gasteiger charge is -2.09. The van der Waals surface area contributed by atoms with Crippen LogP contribution in [0.5, 0.6) is 0 Å². The maximum atomic E-state index is 5.92. The van der Waals surface area contributed by atoms with Crippen molar-refractivity contribution in [2.45, 2.75) is 13.2 Å². The molecule has 0 spiro atoms. The molecule has 0 fully saturated rings. The van der Waals surface area contributed by atoms with Crippen molar-refractivity contribution in [3.63, 3.8) is 0 Å². The first-order valence-electron chi connectivity index (χ1n) is 5.27. The number of methoxy groups -OCH3 is 1. The Labute approximate surface area is 109 Å². The number of hydrogen-bond acceptors (Lipinski definition) is 6. The van der Waals surface area contributed by atoms with Crippen LogP contribution in [0.15, 0.2) is 22.8 Å². The van der Waals surface area contributed by atoms with Gasteiger partial charge in [-0.2, -0.15) is 0 Å². The summed E-state index contributed by atoms with van der Waals surface area (Å²) in [6.07, 6.45) is 1.60. The minimum Gasteiger partial charge on any atom is -0.467 e. The van der Waals surface area contributed by atoms with Crippen molar-refractivity contribution >= 4 is 23.1 Å². The van der Waals surface area contributed by atoms with E-state index in [1.807, 2.05) is 12.1 Å². The Morgan fingerprint density at radius 3 is 3.00 bits per heavy atom. The number of rotatable bonds is 5. The van der Waals surface area contributed by atoms with Crippen LogP contribution in [-0.4, -0.2) is 17.1 Å². The van der Waals surface area contributed by atoms with Crippen molar-refractivity contribution in [1.29, 1.82) is 0 Å². The third kappa shape index (κ3) is 2.91. The molecule has 0 radical (unpaired) electrons. The third-order valence-corrected chi connectivity index (χ3v) is 2.52. The minimum absolute atomic E-state index is 0.207. The standard InChI is InChI=1S/C11H13ClN4O2/c1-17-6-8-15-10(12)9(13)11(16-8)14-5-7-3-2-4-18-7/h2-4H,5-6,13H2,1H3,(H,14,15,16). The Bertz CT molecular complexity index is 516. The number of nitrogens with two attached hydrogens (primary N) is 1. The Balaban J connectivity index is 2.15. The largest absolute Gasteiger partial charge is 0.467 e. The van der Waals surface area contributed by atoms with E-state index in [4.69, 9.17) is 26.5 Å². The number of ether oxygens (including phenoxy) is 1. The van der Waals surface area contributed by atoms with Gasteiger partial charge in [0, 0.05) is 7.11 Å². The molecule has 0 bridgehead atoms. The smallest absolute Gasteiger partial charge is 0.158 e. The van der Waals surface area contributed by atoms with E-state index in [2.05, 4.69) is 15.3 Å². The van der Waals surface area contributed by atoms with Crippen molar-refractivity contribution in [3.8, 4) is 0 Å². The normalized spacial score (nSPS) is 10.6. The summed E-state index contributed by atoms with van der Waals surface area (Å²) < 4.78 is 10.2. The fourth-order valence-corrected chi connectivity index (χ4v) is 1.58. The second-order valence-electron chi connectivity index (χ2n) is 3.56. The summed E-state index contributed by atoms with van der Waals surface area (Å²) in [7, 11) is 1.56. The maximum absolute atomic E-state index is 5.92. The van der Waals surface area contributed by atoms with Gasteiger partial charge in [-0.1, -0.05) is 11.6 Å². The lowest BCUT2D eigenvalue weighted by molar-refractivity contribution is 0.178. The number of nitrogens with one attached hydrogen (secondary N) is 1. The van der Waals surface area contributed by atoms with Crippen molar-refractivity contribution in [3.05, 3.63) is 35.1 Å². The van der Waals surface area contributed by atoms with E-state index in [0.29, 0.717) is 23.9 Å². The molecule has 0 atom stereocenters. The summed E-state index contributed by atoms with van der Waals surface area (Å²) in [5.74, 6) is 1.72. The molecule has 0 aliphatic rings. The molecular formula is C11H13ClN4O2. The summed E-state index contributed by atoms with van der Waals surface area (Å²) in [6.45, 7) is 0.742. The van der Waals surface area contributed by atoms with Gasteiger partial charge < -0.3 is 20.2 Å². The molecule has 18 heavy (non-hydrogen) atoms. The summed E-state index contributed by atoms with van der Waals surface area (Å²) >= 11 is 5.92. The predicted octanol–water partition coefficient (Wildman–Crippen LogP) is 2.06. The fraction of sp³-hybridized carbons (Fsp3) is 0.273. The second kappa shape index (κ2) is 5.70. The van der Waals surface area contributed by atoms with Crippen LogP contribution in [-0.2, 0) is 17.9 Å². The highest BCUT2D eigenvalue weighted by Crippen LogP contribution is 2.24. The van der Waals surface area contributed by atoms with E-state index >= 15 is 0 Å². The van der Waals surface area contributed by atoms with Gasteiger partial charge in [-0.25, -0.2) is 9.97 Å². The molecule has 0 saturated heterocycles. The van der Waals surface area contributed by atoms with Crippen molar-refractivity contribution in [1.82, 2.24) is 9.97 Å². The zero-order valence-electron chi connectivity index (χ0n) is 9.81. The number of furan rings is 1. The minimum atomic E-state index is 0.207. The fourth-order valence-electron chi connectivity index (χ4n) is 1.40. The lowest BCUT2D eigenvalue weighted by Crippen LogP contribution is -2.08. The maximum Gasteiger partial charge on any atom is 0.158 e. The first kappa shape index (κ1) is 12.7. The molecule has 96 valence electrons. The Kier molecular flexibility index (Phi) is 4.01. The van der Waals surface area contributed by atoms with Gasteiger partial charge in [-0.3, -0.25) is 0 Å². The van der Waals surface area contributed by atoms with Crippen molar-refractivity contribution in [2.75, 3.05) is 18.2 Å². The molecule has 0 saturated carbocycles. The molecule has 2 aromatic rings. The summed E-state index contributed by atoms with van der Waals surface area (Å²) in [5, 5.41) is 3.25. The molecule has 3 N–H and O–H groups in total. The lowest BCUT2D eigenvalue weighted by atomic mass is 10.4. The number of halogens is 1. The zero-order chi connectivity index (χ0) is 13.0. The van der Waals surface area contributed by atoms with Gasteiger partial charge in [-0.05, 0) is 12.1 Å². The zero-order valence-corrected chi connectivity index (χ0v) is 10.6. The van der Waals surface area contributed by atoms with E-state index in [1.165, 1.54) is 0 Å². The predicted molar refractivity (Wildman–Crippen MR) is 68.2 cm³/mol. The Hall–Kier alpha value is -1.79. The first-order valence-corrected chi connectivity index (χ1v) is 5.65. The van der Waals surface area contributed by atoms with Crippen molar-refractivity contribution < 1.29 is 9.15 Å². The van der Waals surface area contributed by atoms with Crippen LogP contribution < -0.4 is 11.1 Å². The Morgan fingerprint density at radius 2 is 2.33 bits per heavy atom. The van der Waals surface area contributed by atoms with E-state index in [0.717, 1.165) is 5.76 Å². The highest BCUT2D eigenvalue weighted by molar-refractivity contribution is 6.32. The molecule has 2 rings (SSSR count). The van der Waals surface area contributed by atoms with Gasteiger partial charge in [0.15, 0.2) is 16.8 Å². The third-order valence-electron chi connectivity index (χ3n) is 2.23. The van der Waals surface area contributed by atoms with Gasteiger partial charge in [0.05, 0.1) is 12.8 Å². The molecule has 0 aliphatic heterocycles. The van der Waals surface area contributed by atoms with Gasteiger partial charge in [-0.15, -0.1) is 0 Å². The van der Waals surface area contributed by atoms with Crippen LogP contribution >= 0.6 is 11.6 Å². The van der Waals surface area contributed by atoms with Gasteiger partial charge in [0.25, 0.3) is 0 Å². The summed E-state index contributed by atoms with van der Waals surface area (Å²) in [6, 6.07) is 3.66. The molecule has 0 unspecified atom stereocenters. The van der Waals surface area contributed by atoms with E-state index < -0.39 is 0 Å².